The van der Waals surface area contributed by atoms with Crippen molar-refractivity contribution in [3.8, 4) is 0 Å². The molecule has 2 aromatic heterocycles. The highest BCUT2D eigenvalue weighted by atomic mass is 16.4. The second kappa shape index (κ2) is 3.45. The number of nitrogens with zero attached hydrogens (tertiary/aromatic N) is 2. The molecule has 2 aromatic rings. The first-order valence-electron chi connectivity index (χ1n) is 4.25. The Kier molecular flexibility index (Phi) is 2.14. The van der Waals surface area contributed by atoms with E-state index >= 15 is 0 Å². The van der Waals surface area contributed by atoms with Gasteiger partial charge in [0.05, 0.1) is 11.8 Å². The molecule has 0 aromatic carbocycles. The zero-order valence-corrected chi connectivity index (χ0v) is 7.40. The maximum atomic E-state index is 10.3. The number of hydrogen-bond acceptors (Lipinski definition) is 3. The molecule has 0 aliphatic rings. The third-order valence-electron chi connectivity index (χ3n) is 1.96. The number of fused-ring (bicyclic) bond motifs is 1. The number of hydrogen-bond donors (Lipinski definition) is 2. The minimum Gasteiger partial charge on any atom is -0.481 e. The van der Waals surface area contributed by atoms with Crippen molar-refractivity contribution >= 4 is 17.1 Å². The third-order valence-corrected chi connectivity index (χ3v) is 1.96. The van der Waals surface area contributed by atoms with Crippen LogP contribution in [0.15, 0.2) is 18.6 Å². The van der Waals surface area contributed by atoms with Gasteiger partial charge in [0, 0.05) is 12.6 Å². The van der Waals surface area contributed by atoms with E-state index in [1.807, 2.05) is 6.07 Å². The highest BCUT2D eigenvalue weighted by Gasteiger charge is 2.02. The van der Waals surface area contributed by atoms with E-state index in [1.165, 1.54) is 0 Å². The lowest BCUT2D eigenvalue weighted by atomic mass is 10.1. The van der Waals surface area contributed by atoms with Crippen LogP contribution < -0.4 is 0 Å². The molecule has 2 heterocycles. The molecule has 2 rings (SSSR count). The molecule has 5 nitrogen and oxygen atoms in total. The van der Waals surface area contributed by atoms with Crippen molar-refractivity contribution in [2.45, 2.75) is 12.8 Å². The van der Waals surface area contributed by atoms with Gasteiger partial charge in [0.15, 0.2) is 5.65 Å². The molecular weight excluding hydrogens is 182 g/mol. The van der Waals surface area contributed by atoms with Crippen LogP contribution in [-0.4, -0.2) is 26.0 Å². The number of aliphatic carboxylic acids is 1. The van der Waals surface area contributed by atoms with Gasteiger partial charge in [0.1, 0.15) is 0 Å². The maximum Gasteiger partial charge on any atom is 0.303 e. The second-order valence-corrected chi connectivity index (χ2v) is 3.01. The number of pyridine rings is 1. The number of rotatable bonds is 3. The summed E-state index contributed by atoms with van der Waals surface area (Å²) in [5, 5.41) is 8.51. The standard InChI is InChI=1S/C9H9N3O2/c13-8(14)2-1-6-3-7-9(10-4-6)12-5-11-7/h3-5H,1-2H2,(H,13,14)(H,10,11,12). The Labute approximate surface area is 79.8 Å². The highest BCUT2D eigenvalue weighted by Crippen LogP contribution is 2.09. The van der Waals surface area contributed by atoms with Crippen LogP contribution in [0.4, 0.5) is 0 Å². The molecule has 0 saturated carbocycles. The Morgan fingerprint density at radius 2 is 2.36 bits per heavy atom. The molecule has 72 valence electrons. The molecule has 0 saturated heterocycles. The second-order valence-electron chi connectivity index (χ2n) is 3.01. The molecule has 0 spiro atoms. The van der Waals surface area contributed by atoms with Gasteiger partial charge in [-0.1, -0.05) is 0 Å². The largest absolute Gasteiger partial charge is 0.481 e. The first kappa shape index (κ1) is 8.68. The average Bonchev–Trinajstić information content (AvgIpc) is 2.61. The molecule has 0 radical (unpaired) electrons. The van der Waals surface area contributed by atoms with Crippen molar-refractivity contribution < 1.29 is 9.90 Å². The molecule has 0 amide bonds. The van der Waals surface area contributed by atoms with Crippen molar-refractivity contribution in [1.29, 1.82) is 0 Å². The van der Waals surface area contributed by atoms with Gasteiger partial charge in [-0.25, -0.2) is 9.97 Å². The van der Waals surface area contributed by atoms with E-state index in [4.69, 9.17) is 5.11 Å². The van der Waals surface area contributed by atoms with Crippen LogP contribution in [0.25, 0.3) is 11.2 Å². The van der Waals surface area contributed by atoms with E-state index in [2.05, 4.69) is 15.0 Å². The molecule has 14 heavy (non-hydrogen) atoms. The van der Waals surface area contributed by atoms with Crippen molar-refractivity contribution in [3.63, 3.8) is 0 Å². The number of aryl methyl sites for hydroxylation is 1. The van der Waals surface area contributed by atoms with E-state index in [1.54, 1.807) is 12.5 Å². The summed E-state index contributed by atoms with van der Waals surface area (Å²) in [5.41, 5.74) is 2.40. The lowest BCUT2D eigenvalue weighted by Crippen LogP contribution is -1.97. The summed E-state index contributed by atoms with van der Waals surface area (Å²) in [6.07, 6.45) is 3.85. The fourth-order valence-electron chi connectivity index (χ4n) is 1.26. The molecule has 0 bridgehead atoms. The number of imidazole rings is 1. The van der Waals surface area contributed by atoms with E-state index in [-0.39, 0.29) is 6.42 Å². The van der Waals surface area contributed by atoms with E-state index in [0.29, 0.717) is 12.1 Å². The van der Waals surface area contributed by atoms with Crippen molar-refractivity contribution in [3.05, 3.63) is 24.2 Å². The smallest absolute Gasteiger partial charge is 0.303 e. The van der Waals surface area contributed by atoms with Gasteiger partial charge >= 0.3 is 5.97 Å². The Bertz CT molecular complexity index is 464. The lowest BCUT2D eigenvalue weighted by Gasteiger charge is -1.97. The third kappa shape index (κ3) is 1.71. The summed E-state index contributed by atoms with van der Waals surface area (Å²) in [7, 11) is 0. The molecule has 5 heteroatoms. The Morgan fingerprint density at radius 3 is 3.14 bits per heavy atom. The van der Waals surface area contributed by atoms with Crippen LogP contribution in [0.3, 0.4) is 0 Å². The van der Waals surface area contributed by atoms with Crippen LogP contribution in [0.5, 0.6) is 0 Å². The van der Waals surface area contributed by atoms with Crippen LogP contribution >= 0.6 is 0 Å². The summed E-state index contributed by atoms with van der Waals surface area (Å²) >= 11 is 0. The number of nitrogens with one attached hydrogen (secondary N) is 1. The van der Waals surface area contributed by atoms with Crippen molar-refractivity contribution in [2.24, 2.45) is 0 Å². The number of H-pyrrole nitrogens is 1. The Morgan fingerprint density at radius 1 is 1.50 bits per heavy atom. The van der Waals surface area contributed by atoms with E-state index in [0.717, 1.165) is 11.1 Å². The van der Waals surface area contributed by atoms with Crippen LogP contribution in [-0.2, 0) is 11.2 Å². The quantitative estimate of drug-likeness (QED) is 0.757. The molecule has 0 unspecified atom stereocenters. The van der Waals surface area contributed by atoms with Crippen LogP contribution in [0.1, 0.15) is 12.0 Å². The summed E-state index contributed by atoms with van der Waals surface area (Å²) in [4.78, 5) is 21.3. The minimum absolute atomic E-state index is 0.126. The molecule has 0 fully saturated rings. The van der Waals surface area contributed by atoms with Crippen LogP contribution in [0.2, 0.25) is 0 Å². The summed E-state index contributed by atoms with van der Waals surface area (Å²) < 4.78 is 0. The number of aromatic amines is 1. The van der Waals surface area contributed by atoms with Gasteiger partial charge in [-0.3, -0.25) is 4.79 Å². The fourth-order valence-corrected chi connectivity index (χ4v) is 1.26. The Hall–Kier alpha value is -1.91. The van der Waals surface area contributed by atoms with Crippen molar-refractivity contribution in [1.82, 2.24) is 15.0 Å². The van der Waals surface area contributed by atoms with Gasteiger partial charge in [0.2, 0.25) is 0 Å². The maximum absolute atomic E-state index is 10.3. The number of aromatic nitrogens is 3. The van der Waals surface area contributed by atoms with E-state index < -0.39 is 5.97 Å². The number of carboxylic acid groups (broad SMARTS) is 1. The normalized spacial score (nSPS) is 10.6. The molecule has 2 N–H and O–H groups in total. The van der Waals surface area contributed by atoms with Crippen molar-refractivity contribution in [2.75, 3.05) is 0 Å². The average molecular weight is 191 g/mol. The zero-order chi connectivity index (χ0) is 9.97. The fraction of sp³-hybridized carbons (Fsp3) is 0.222. The molecule has 0 atom stereocenters. The zero-order valence-electron chi connectivity index (χ0n) is 7.40. The summed E-state index contributed by atoms with van der Waals surface area (Å²) in [6, 6.07) is 1.87. The predicted molar refractivity (Wildman–Crippen MR) is 49.8 cm³/mol. The van der Waals surface area contributed by atoms with E-state index in [9.17, 15) is 4.79 Å². The molecule has 0 aliphatic heterocycles. The van der Waals surface area contributed by atoms with Gasteiger partial charge in [-0.2, -0.15) is 0 Å². The molecule has 0 aliphatic carbocycles. The monoisotopic (exact) mass is 191 g/mol. The number of carboxylic acids is 1. The summed E-state index contributed by atoms with van der Waals surface area (Å²) in [5.74, 6) is -0.797. The summed E-state index contributed by atoms with van der Waals surface area (Å²) in [6.45, 7) is 0. The SMILES string of the molecule is O=C(O)CCc1cnc2nc[nH]c2c1. The van der Waals surface area contributed by atoms with Gasteiger partial charge in [0.25, 0.3) is 0 Å². The molecular formula is C9H9N3O2. The highest BCUT2D eigenvalue weighted by molar-refractivity contribution is 5.71. The van der Waals surface area contributed by atoms with Gasteiger partial charge in [-0.05, 0) is 18.1 Å². The first-order valence-corrected chi connectivity index (χ1v) is 4.25. The van der Waals surface area contributed by atoms with Gasteiger partial charge < -0.3 is 10.1 Å². The first-order chi connectivity index (χ1) is 6.75. The Balaban J connectivity index is 2.21. The topological polar surface area (TPSA) is 78.9 Å². The lowest BCUT2D eigenvalue weighted by molar-refractivity contribution is -0.136. The van der Waals surface area contributed by atoms with Gasteiger partial charge in [-0.15, -0.1) is 0 Å². The predicted octanol–water partition coefficient (Wildman–Crippen LogP) is 0.975. The number of carbonyl (C=O) groups is 1. The van der Waals surface area contributed by atoms with Crippen LogP contribution in [0, 0.1) is 0 Å². The minimum atomic E-state index is -0.797.